The van der Waals surface area contributed by atoms with Crippen molar-refractivity contribution in [1.82, 2.24) is 9.97 Å². The van der Waals surface area contributed by atoms with E-state index in [4.69, 9.17) is 5.73 Å². The van der Waals surface area contributed by atoms with E-state index in [1.165, 1.54) is 36.7 Å². The average Bonchev–Trinajstić information content (AvgIpc) is 2.33. The molecule has 100 valence electrons. The van der Waals surface area contributed by atoms with E-state index in [1.807, 2.05) is 0 Å². The number of rotatable bonds is 3. The van der Waals surface area contributed by atoms with Crippen molar-refractivity contribution in [2.75, 3.05) is 11.1 Å². The second-order valence-electron chi connectivity index (χ2n) is 3.54. The van der Waals surface area contributed by atoms with Crippen molar-refractivity contribution in [2.24, 2.45) is 0 Å². The van der Waals surface area contributed by atoms with Gasteiger partial charge in [-0.15, -0.1) is 13.2 Å². The van der Waals surface area contributed by atoms with Gasteiger partial charge in [-0.05, 0) is 24.3 Å². The van der Waals surface area contributed by atoms with Crippen LogP contribution in [0.15, 0.2) is 36.7 Å². The lowest BCUT2D eigenvalue weighted by molar-refractivity contribution is -0.274. The van der Waals surface area contributed by atoms with Crippen molar-refractivity contribution >= 4 is 17.3 Å². The molecule has 1 aromatic heterocycles. The SMILES string of the molecule is Nc1cnc(Nc2ccc(OC(F)(F)F)cc2)nc1. The average molecular weight is 270 g/mol. The van der Waals surface area contributed by atoms with Crippen molar-refractivity contribution in [1.29, 1.82) is 0 Å². The molecule has 0 saturated heterocycles. The van der Waals surface area contributed by atoms with Gasteiger partial charge in [-0.25, -0.2) is 9.97 Å². The first-order chi connectivity index (χ1) is 8.92. The van der Waals surface area contributed by atoms with Gasteiger partial charge in [0.05, 0.1) is 18.1 Å². The van der Waals surface area contributed by atoms with Crippen molar-refractivity contribution in [3.05, 3.63) is 36.7 Å². The molecule has 5 nitrogen and oxygen atoms in total. The molecule has 0 bridgehead atoms. The summed E-state index contributed by atoms with van der Waals surface area (Å²) in [6.07, 6.45) is -1.87. The van der Waals surface area contributed by atoms with Crippen LogP contribution >= 0.6 is 0 Å². The van der Waals surface area contributed by atoms with Gasteiger partial charge in [0.15, 0.2) is 0 Å². The van der Waals surface area contributed by atoms with Gasteiger partial charge in [0.25, 0.3) is 0 Å². The topological polar surface area (TPSA) is 73.1 Å². The Balaban J connectivity index is 2.04. The Morgan fingerprint density at radius 2 is 1.63 bits per heavy atom. The zero-order valence-electron chi connectivity index (χ0n) is 9.48. The van der Waals surface area contributed by atoms with Crippen LogP contribution in [0.2, 0.25) is 0 Å². The van der Waals surface area contributed by atoms with Crippen molar-refractivity contribution in [2.45, 2.75) is 6.36 Å². The fourth-order valence-electron chi connectivity index (χ4n) is 1.27. The Morgan fingerprint density at radius 1 is 1.05 bits per heavy atom. The minimum Gasteiger partial charge on any atom is -0.406 e. The van der Waals surface area contributed by atoms with E-state index >= 15 is 0 Å². The first-order valence-electron chi connectivity index (χ1n) is 5.13. The summed E-state index contributed by atoms with van der Waals surface area (Å²) in [6, 6.07) is 5.21. The van der Waals surface area contributed by atoms with E-state index in [-0.39, 0.29) is 5.75 Å². The van der Waals surface area contributed by atoms with Gasteiger partial charge in [0.2, 0.25) is 5.95 Å². The van der Waals surface area contributed by atoms with Gasteiger partial charge in [-0.1, -0.05) is 0 Å². The Bertz CT molecular complexity index is 539. The van der Waals surface area contributed by atoms with Crippen molar-refractivity contribution in [3.8, 4) is 5.75 Å². The highest BCUT2D eigenvalue weighted by atomic mass is 19.4. The molecule has 2 rings (SSSR count). The molecule has 19 heavy (non-hydrogen) atoms. The van der Waals surface area contributed by atoms with Crippen LogP contribution in [-0.4, -0.2) is 16.3 Å². The molecular formula is C11H9F3N4O. The predicted molar refractivity (Wildman–Crippen MR) is 62.9 cm³/mol. The smallest absolute Gasteiger partial charge is 0.406 e. The Labute approximate surface area is 106 Å². The normalized spacial score (nSPS) is 11.1. The van der Waals surface area contributed by atoms with Crippen LogP contribution in [0.3, 0.4) is 0 Å². The number of nitrogen functional groups attached to an aromatic ring is 1. The number of ether oxygens (including phenoxy) is 1. The zero-order valence-corrected chi connectivity index (χ0v) is 9.48. The number of halogens is 3. The van der Waals surface area contributed by atoms with Crippen LogP contribution in [0.4, 0.5) is 30.5 Å². The van der Waals surface area contributed by atoms with Gasteiger partial charge in [0, 0.05) is 5.69 Å². The Hall–Kier alpha value is -2.51. The van der Waals surface area contributed by atoms with Crippen LogP contribution in [0.25, 0.3) is 0 Å². The van der Waals surface area contributed by atoms with Crippen LogP contribution in [0.1, 0.15) is 0 Å². The number of hydrogen-bond donors (Lipinski definition) is 2. The second kappa shape index (κ2) is 5.01. The minimum absolute atomic E-state index is 0.290. The molecule has 0 fully saturated rings. The summed E-state index contributed by atoms with van der Waals surface area (Å²) < 4.78 is 39.6. The monoisotopic (exact) mass is 270 g/mol. The van der Waals surface area contributed by atoms with E-state index in [0.717, 1.165) is 0 Å². The zero-order chi connectivity index (χ0) is 13.9. The summed E-state index contributed by atoms with van der Waals surface area (Å²) in [5, 5.41) is 2.81. The third kappa shape index (κ3) is 4.02. The van der Waals surface area contributed by atoms with E-state index < -0.39 is 6.36 Å². The Morgan fingerprint density at radius 3 is 2.16 bits per heavy atom. The standard InChI is InChI=1S/C11H9F3N4O/c12-11(13,14)19-9-3-1-8(2-4-9)18-10-16-5-7(15)6-17-10/h1-6H,15H2,(H,16,17,18). The molecule has 0 aliphatic heterocycles. The lowest BCUT2D eigenvalue weighted by Gasteiger charge is -2.09. The van der Waals surface area contributed by atoms with Gasteiger partial charge >= 0.3 is 6.36 Å². The molecule has 0 radical (unpaired) electrons. The largest absolute Gasteiger partial charge is 0.573 e. The fourth-order valence-corrected chi connectivity index (χ4v) is 1.27. The maximum absolute atomic E-state index is 12.0. The van der Waals surface area contributed by atoms with Crippen LogP contribution < -0.4 is 15.8 Å². The van der Waals surface area contributed by atoms with Gasteiger partial charge in [0.1, 0.15) is 5.75 Å². The Kier molecular flexibility index (Phi) is 3.41. The summed E-state index contributed by atoms with van der Waals surface area (Å²) >= 11 is 0. The third-order valence-electron chi connectivity index (χ3n) is 2.02. The molecule has 8 heteroatoms. The number of benzene rings is 1. The lowest BCUT2D eigenvalue weighted by Crippen LogP contribution is -2.16. The second-order valence-corrected chi connectivity index (χ2v) is 3.54. The summed E-state index contributed by atoms with van der Waals surface area (Å²) in [5.41, 5.74) is 6.37. The highest BCUT2D eigenvalue weighted by Gasteiger charge is 2.30. The lowest BCUT2D eigenvalue weighted by atomic mass is 10.3. The third-order valence-corrected chi connectivity index (χ3v) is 2.02. The first kappa shape index (κ1) is 12.9. The maximum atomic E-state index is 12.0. The molecule has 0 spiro atoms. The van der Waals surface area contributed by atoms with Crippen LogP contribution in [0, 0.1) is 0 Å². The summed E-state index contributed by atoms with van der Waals surface area (Å²) in [7, 11) is 0. The quantitative estimate of drug-likeness (QED) is 0.897. The molecule has 0 aliphatic carbocycles. The molecule has 0 atom stereocenters. The van der Waals surface area contributed by atoms with Gasteiger partial charge in [-0.3, -0.25) is 0 Å². The molecule has 0 saturated carbocycles. The van der Waals surface area contributed by atoms with E-state index in [1.54, 1.807) is 0 Å². The van der Waals surface area contributed by atoms with Gasteiger partial charge in [-0.2, -0.15) is 0 Å². The number of nitrogens with two attached hydrogens (primary N) is 1. The number of aromatic nitrogens is 2. The predicted octanol–water partition coefficient (Wildman–Crippen LogP) is 2.70. The molecule has 2 aromatic rings. The van der Waals surface area contributed by atoms with Crippen LogP contribution in [0.5, 0.6) is 5.75 Å². The highest BCUT2D eigenvalue weighted by molar-refractivity contribution is 5.55. The van der Waals surface area contributed by atoms with Crippen LogP contribution in [-0.2, 0) is 0 Å². The summed E-state index contributed by atoms with van der Waals surface area (Å²) in [4.78, 5) is 7.79. The number of nitrogens with one attached hydrogen (secondary N) is 1. The molecule has 0 unspecified atom stereocenters. The minimum atomic E-state index is -4.70. The number of alkyl halides is 3. The first-order valence-corrected chi connectivity index (χ1v) is 5.13. The summed E-state index contributed by atoms with van der Waals surface area (Å²) in [6.45, 7) is 0. The van der Waals surface area contributed by atoms with Crippen molar-refractivity contribution in [3.63, 3.8) is 0 Å². The van der Waals surface area contributed by atoms with Gasteiger partial charge < -0.3 is 15.8 Å². The molecule has 0 aliphatic rings. The van der Waals surface area contributed by atoms with E-state index in [2.05, 4.69) is 20.0 Å². The number of nitrogens with zero attached hydrogens (tertiary/aromatic N) is 2. The summed E-state index contributed by atoms with van der Waals surface area (Å²) in [5.74, 6) is -0.00466. The fraction of sp³-hybridized carbons (Fsp3) is 0.0909. The van der Waals surface area contributed by atoms with E-state index in [0.29, 0.717) is 17.3 Å². The number of hydrogen-bond acceptors (Lipinski definition) is 5. The molecule has 0 amide bonds. The van der Waals surface area contributed by atoms with E-state index in [9.17, 15) is 13.2 Å². The molecular weight excluding hydrogens is 261 g/mol. The highest BCUT2D eigenvalue weighted by Crippen LogP contribution is 2.24. The number of anilines is 3. The van der Waals surface area contributed by atoms with Crippen molar-refractivity contribution < 1.29 is 17.9 Å². The molecule has 1 aromatic carbocycles. The molecule has 3 N–H and O–H groups in total. The maximum Gasteiger partial charge on any atom is 0.573 e. The molecule has 1 heterocycles.